The molecule has 1 aromatic heterocycles. The van der Waals surface area contributed by atoms with Gasteiger partial charge >= 0.3 is 0 Å². The Morgan fingerprint density at radius 2 is 1.50 bits per heavy atom. The molecule has 16 heavy (non-hydrogen) atoms. The average molecular weight is 211 g/mol. The Bertz CT molecular complexity index is 623. The van der Waals surface area contributed by atoms with E-state index >= 15 is 0 Å². The highest BCUT2D eigenvalue weighted by Crippen LogP contribution is 2.27. The molecule has 2 aromatic rings. The minimum absolute atomic E-state index is 0.0641. The zero-order valence-electron chi connectivity index (χ0n) is 8.73. The molecule has 0 N–H and O–H groups in total. The van der Waals surface area contributed by atoms with Crippen LogP contribution in [0, 0.1) is 0 Å². The van der Waals surface area contributed by atoms with Crippen molar-refractivity contribution in [2.75, 3.05) is 0 Å². The number of aromatic nitrogens is 1. The van der Waals surface area contributed by atoms with Crippen LogP contribution in [0.5, 0.6) is 0 Å². The average Bonchev–Trinajstić information content (AvgIpc) is 2.69. The van der Waals surface area contributed by atoms with Crippen molar-refractivity contribution >= 4 is 11.6 Å². The van der Waals surface area contributed by atoms with Crippen molar-refractivity contribution in [1.82, 2.24) is 4.57 Å². The zero-order chi connectivity index (χ0) is 11.3. The molecule has 3 nitrogen and oxygen atoms in total. The van der Waals surface area contributed by atoms with Crippen molar-refractivity contribution in [3.8, 4) is 0 Å². The number of carbonyl (C=O) groups is 2. The minimum atomic E-state index is -0.0716. The number of hydrogen-bond acceptors (Lipinski definition) is 2. The molecule has 1 aromatic carbocycles. The molecule has 0 amide bonds. The summed E-state index contributed by atoms with van der Waals surface area (Å²) in [6, 6.07) is 8.65. The lowest BCUT2D eigenvalue weighted by atomic mass is 9.88. The van der Waals surface area contributed by atoms with E-state index < -0.39 is 0 Å². The molecule has 0 saturated carbocycles. The van der Waals surface area contributed by atoms with Crippen LogP contribution in [0.15, 0.2) is 36.5 Å². The number of fused-ring (bicyclic) bond motifs is 2. The van der Waals surface area contributed by atoms with Gasteiger partial charge in [0.2, 0.25) is 5.78 Å². The Balaban J connectivity index is 2.36. The third-order valence-corrected chi connectivity index (χ3v) is 2.95. The van der Waals surface area contributed by atoms with E-state index in [9.17, 15) is 9.59 Å². The van der Waals surface area contributed by atoms with Gasteiger partial charge < -0.3 is 4.57 Å². The second-order valence-electron chi connectivity index (χ2n) is 3.89. The number of ketones is 2. The van der Waals surface area contributed by atoms with Gasteiger partial charge in [0, 0.05) is 24.4 Å². The summed E-state index contributed by atoms with van der Waals surface area (Å²) in [5.74, 6) is -0.136. The molecular weight excluding hydrogens is 202 g/mol. The van der Waals surface area contributed by atoms with Crippen LogP contribution in [0.2, 0.25) is 0 Å². The molecule has 1 heterocycles. The first-order valence-electron chi connectivity index (χ1n) is 5.04. The fraction of sp³-hybridized carbons (Fsp3) is 0.0769. The molecule has 0 radical (unpaired) electrons. The minimum Gasteiger partial charge on any atom is -0.347 e. The van der Waals surface area contributed by atoms with Crippen LogP contribution in [0.1, 0.15) is 32.0 Å². The van der Waals surface area contributed by atoms with Crippen molar-refractivity contribution in [2.45, 2.75) is 0 Å². The first-order valence-corrected chi connectivity index (χ1v) is 5.04. The van der Waals surface area contributed by atoms with Gasteiger partial charge in [0.05, 0.1) is 5.56 Å². The van der Waals surface area contributed by atoms with E-state index in [0.29, 0.717) is 22.4 Å². The molecule has 3 heteroatoms. The highest BCUT2D eigenvalue weighted by Gasteiger charge is 2.31. The molecular formula is C13H9NO2. The predicted octanol–water partition coefficient (Wildman–Crippen LogP) is 1.80. The molecule has 0 atom stereocenters. The molecule has 3 rings (SSSR count). The molecule has 78 valence electrons. The quantitative estimate of drug-likeness (QED) is 0.568. The summed E-state index contributed by atoms with van der Waals surface area (Å²) >= 11 is 0. The summed E-state index contributed by atoms with van der Waals surface area (Å²) < 4.78 is 1.70. The van der Waals surface area contributed by atoms with Gasteiger partial charge in [-0.25, -0.2) is 0 Å². The molecule has 0 fully saturated rings. The molecule has 0 aliphatic heterocycles. The Kier molecular flexibility index (Phi) is 1.66. The van der Waals surface area contributed by atoms with Crippen LogP contribution in [-0.4, -0.2) is 16.1 Å². The third kappa shape index (κ3) is 0.972. The fourth-order valence-electron chi connectivity index (χ4n) is 2.15. The van der Waals surface area contributed by atoms with Gasteiger partial charge in [0.15, 0.2) is 5.78 Å². The Morgan fingerprint density at radius 3 is 2.19 bits per heavy atom. The Labute approximate surface area is 92.3 Å². The Hall–Kier alpha value is -2.16. The third-order valence-electron chi connectivity index (χ3n) is 2.95. The number of aryl methyl sites for hydroxylation is 1. The predicted molar refractivity (Wildman–Crippen MR) is 58.7 cm³/mol. The molecule has 1 aliphatic carbocycles. The largest absolute Gasteiger partial charge is 0.347 e. The number of hydrogen-bond donors (Lipinski definition) is 0. The highest BCUT2D eigenvalue weighted by atomic mass is 16.1. The summed E-state index contributed by atoms with van der Waals surface area (Å²) in [6.45, 7) is 0. The van der Waals surface area contributed by atoms with Gasteiger partial charge in [0.25, 0.3) is 0 Å². The second-order valence-corrected chi connectivity index (χ2v) is 3.89. The van der Waals surface area contributed by atoms with E-state index in [-0.39, 0.29) is 11.6 Å². The summed E-state index contributed by atoms with van der Waals surface area (Å²) in [4.78, 5) is 24.3. The topological polar surface area (TPSA) is 39.1 Å². The van der Waals surface area contributed by atoms with Gasteiger partial charge in [-0.3, -0.25) is 9.59 Å². The molecule has 0 saturated heterocycles. The smallest absolute Gasteiger partial charge is 0.210 e. The number of nitrogens with zero attached hydrogens (tertiary/aromatic N) is 1. The SMILES string of the molecule is Cn1ccc2c1C(=O)c1ccccc1C2=O. The first kappa shape index (κ1) is 9.09. The lowest BCUT2D eigenvalue weighted by Gasteiger charge is -2.15. The molecule has 0 spiro atoms. The van der Waals surface area contributed by atoms with Crippen molar-refractivity contribution in [1.29, 1.82) is 0 Å². The highest BCUT2D eigenvalue weighted by molar-refractivity contribution is 6.27. The zero-order valence-corrected chi connectivity index (χ0v) is 8.73. The van der Waals surface area contributed by atoms with Gasteiger partial charge in [-0.15, -0.1) is 0 Å². The van der Waals surface area contributed by atoms with Crippen molar-refractivity contribution in [3.05, 3.63) is 58.9 Å². The van der Waals surface area contributed by atoms with Crippen LogP contribution in [0.3, 0.4) is 0 Å². The van der Waals surface area contributed by atoms with Crippen LogP contribution in [0.25, 0.3) is 0 Å². The van der Waals surface area contributed by atoms with Gasteiger partial charge in [-0.1, -0.05) is 24.3 Å². The van der Waals surface area contributed by atoms with Crippen molar-refractivity contribution < 1.29 is 9.59 Å². The van der Waals surface area contributed by atoms with E-state index in [1.165, 1.54) is 0 Å². The van der Waals surface area contributed by atoms with Gasteiger partial charge in [0.1, 0.15) is 5.69 Å². The van der Waals surface area contributed by atoms with Crippen LogP contribution >= 0.6 is 0 Å². The maximum absolute atomic E-state index is 12.2. The summed E-state index contributed by atoms with van der Waals surface area (Å²) in [6.07, 6.45) is 1.74. The van der Waals surface area contributed by atoms with E-state index in [1.807, 2.05) is 0 Å². The second kappa shape index (κ2) is 2.92. The summed E-state index contributed by atoms with van der Waals surface area (Å²) in [5.41, 5.74) is 2.00. The van der Waals surface area contributed by atoms with Crippen LogP contribution in [0.4, 0.5) is 0 Å². The first-order chi connectivity index (χ1) is 7.70. The summed E-state index contributed by atoms with van der Waals surface area (Å²) in [7, 11) is 1.78. The lowest BCUT2D eigenvalue weighted by molar-refractivity contribution is 0.0974. The van der Waals surface area contributed by atoms with Crippen molar-refractivity contribution in [3.63, 3.8) is 0 Å². The van der Waals surface area contributed by atoms with Gasteiger partial charge in [-0.05, 0) is 6.07 Å². The lowest BCUT2D eigenvalue weighted by Crippen LogP contribution is -2.21. The maximum Gasteiger partial charge on any atom is 0.210 e. The Morgan fingerprint density at radius 1 is 0.875 bits per heavy atom. The number of carbonyl (C=O) groups excluding carboxylic acids is 2. The number of rotatable bonds is 0. The van der Waals surface area contributed by atoms with E-state index in [1.54, 1.807) is 48.1 Å². The van der Waals surface area contributed by atoms with Gasteiger partial charge in [-0.2, -0.15) is 0 Å². The molecule has 0 unspecified atom stereocenters. The fourth-order valence-corrected chi connectivity index (χ4v) is 2.15. The van der Waals surface area contributed by atoms with Crippen molar-refractivity contribution in [2.24, 2.45) is 7.05 Å². The normalized spacial score (nSPS) is 13.6. The number of benzene rings is 1. The maximum atomic E-state index is 12.2. The summed E-state index contributed by atoms with van der Waals surface area (Å²) in [5, 5.41) is 0. The molecule has 1 aliphatic rings. The van der Waals surface area contributed by atoms with Crippen LogP contribution in [-0.2, 0) is 7.05 Å². The monoisotopic (exact) mass is 211 g/mol. The van der Waals surface area contributed by atoms with Crippen LogP contribution < -0.4 is 0 Å². The van der Waals surface area contributed by atoms with E-state index in [2.05, 4.69) is 0 Å². The van der Waals surface area contributed by atoms with E-state index in [0.717, 1.165) is 0 Å². The standard InChI is InChI=1S/C13H9NO2/c1-14-7-6-10-11(14)13(16)9-5-3-2-4-8(9)12(10)15/h2-7H,1H3. The molecule has 0 bridgehead atoms. The van der Waals surface area contributed by atoms with E-state index in [4.69, 9.17) is 0 Å².